The minimum absolute atomic E-state index is 0.277. The van der Waals surface area contributed by atoms with E-state index >= 15 is 0 Å². The van der Waals surface area contributed by atoms with Crippen molar-refractivity contribution in [3.63, 3.8) is 0 Å². The number of methoxy groups -OCH3 is 2. The van der Waals surface area contributed by atoms with Gasteiger partial charge in [0, 0.05) is 30.5 Å². The number of hydrogen-bond donors (Lipinski definition) is 0. The van der Waals surface area contributed by atoms with Gasteiger partial charge in [-0.25, -0.2) is 0 Å². The third-order valence-corrected chi connectivity index (χ3v) is 2.85. The summed E-state index contributed by atoms with van der Waals surface area (Å²) >= 11 is 3.49. The molecule has 0 spiro atoms. The number of ether oxygens (including phenoxy) is 2. The Labute approximate surface area is 105 Å². The Morgan fingerprint density at radius 3 is 2.62 bits per heavy atom. The summed E-state index contributed by atoms with van der Waals surface area (Å²) in [7, 11) is 3.21. The van der Waals surface area contributed by atoms with E-state index in [1.54, 1.807) is 14.2 Å². The van der Waals surface area contributed by atoms with Gasteiger partial charge >= 0.3 is 0 Å². The fraction of sp³-hybridized carbons (Fsp3) is 0.417. The van der Waals surface area contributed by atoms with Crippen molar-refractivity contribution in [3.8, 4) is 0 Å². The highest BCUT2D eigenvalue weighted by Crippen LogP contribution is 2.16. The van der Waals surface area contributed by atoms with Crippen LogP contribution >= 0.6 is 15.9 Å². The summed E-state index contributed by atoms with van der Waals surface area (Å²) in [5.41, 5.74) is 2.27. The van der Waals surface area contributed by atoms with Gasteiger partial charge in [-0.05, 0) is 18.6 Å². The maximum Gasteiger partial charge on any atom is 0.176 e. The monoisotopic (exact) mass is 285 g/mol. The first-order chi connectivity index (χ1) is 7.67. The predicted octanol–water partition coefficient (Wildman–Crippen LogP) is 2.80. The van der Waals surface area contributed by atoms with Gasteiger partial charge in [-0.3, -0.25) is 4.99 Å². The summed E-state index contributed by atoms with van der Waals surface area (Å²) in [6.07, 6.45) is 1.54. The van der Waals surface area contributed by atoms with E-state index in [1.807, 2.05) is 12.3 Å². The van der Waals surface area contributed by atoms with Crippen LogP contribution in [0.2, 0.25) is 0 Å². The van der Waals surface area contributed by atoms with Crippen LogP contribution in [-0.4, -0.2) is 33.3 Å². The molecule has 3 nitrogen and oxygen atoms in total. The van der Waals surface area contributed by atoms with Gasteiger partial charge in [0.15, 0.2) is 6.29 Å². The Bertz CT molecular complexity index is 362. The van der Waals surface area contributed by atoms with Crippen LogP contribution in [0.15, 0.2) is 27.7 Å². The van der Waals surface area contributed by atoms with Gasteiger partial charge in [0.25, 0.3) is 0 Å². The van der Waals surface area contributed by atoms with Crippen molar-refractivity contribution < 1.29 is 9.47 Å². The minimum Gasteiger partial charge on any atom is -0.354 e. The second kappa shape index (κ2) is 6.78. The van der Waals surface area contributed by atoms with Gasteiger partial charge in [-0.1, -0.05) is 28.1 Å². The lowest BCUT2D eigenvalue weighted by Crippen LogP contribution is -2.16. The SMILES string of the molecule is COC(C/N=C\c1ccc(C)cc1Br)OC. The summed E-state index contributed by atoms with van der Waals surface area (Å²) in [4.78, 5) is 4.27. The number of aryl methyl sites for hydroxylation is 1. The van der Waals surface area contributed by atoms with Crippen LogP contribution in [-0.2, 0) is 9.47 Å². The number of halogens is 1. The fourth-order valence-electron chi connectivity index (χ4n) is 1.22. The van der Waals surface area contributed by atoms with Crippen molar-refractivity contribution in [2.24, 2.45) is 4.99 Å². The first kappa shape index (κ1) is 13.4. The molecule has 0 N–H and O–H groups in total. The van der Waals surface area contributed by atoms with E-state index in [1.165, 1.54) is 5.56 Å². The van der Waals surface area contributed by atoms with E-state index in [-0.39, 0.29) is 6.29 Å². The van der Waals surface area contributed by atoms with E-state index < -0.39 is 0 Å². The van der Waals surface area contributed by atoms with Crippen LogP contribution in [0.3, 0.4) is 0 Å². The summed E-state index contributed by atoms with van der Waals surface area (Å²) in [5.74, 6) is 0. The highest BCUT2D eigenvalue weighted by molar-refractivity contribution is 9.10. The van der Waals surface area contributed by atoms with Crippen molar-refractivity contribution >= 4 is 22.1 Å². The quantitative estimate of drug-likeness (QED) is 0.615. The third-order valence-electron chi connectivity index (χ3n) is 2.17. The van der Waals surface area contributed by atoms with Gasteiger partial charge < -0.3 is 9.47 Å². The first-order valence-electron chi connectivity index (χ1n) is 4.99. The molecule has 16 heavy (non-hydrogen) atoms. The Morgan fingerprint density at radius 2 is 2.06 bits per heavy atom. The predicted molar refractivity (Wildman–Crippen MR) is 69.1 cm³/mol. The van der Waals surface area contributed by atoms with Crippen molar-refractivity contribution in [2.75, 3.05) is 20.8 Å². The standard InChI is InChI=1S/C12H16BrNO2/c1-9-4-5-10(11(13)6-9)7-14-8-12(15-2)16-3/h4-7,12H,8H2,1-3H3/b14-7-. The average Bonchev–Trinajstić information content (AvgIpc) is 2.27. The molecule has 0 aliphatic carbocycles. The van der Waals surface area contributed by atoms with Crippen molar-refractivity contribution in [1.82, 2.24) is 0 Å². The molecule has 0 aliphatic heterocycles. The minimum atomic E-state index is -0.277. The highest BCUT2D eigenvalue weighted by Gasteiger charge is 2.02. The molecule has 0 unspecified atom stereocenters. The zero-order chi connectivity index (χ0) is 12.0. The Balaban J connectivity index is 2.62. The topological polar surface area (TPSA) is 30.8 Å². The van der Waals surface area contributed by atoms with Crippen LogP contribution < -0.4 is 0 Å². The van der Waals surface area contributed by atoms with Gasteiger partial charge in [0.1, 0.15) is 0 Å². The molecule has 4 heteroatoms. The third kappa shape index (κ3) is 4.04. The number of aliphatic imine (C=N–C) groups is 1. The van der Waals surface area contributed by atoms with E-state index in [4.69, 9.17) is 9.47 Å². The maximum atomic E-state index is 5.04. The molecule has 0 aliphatic rings. The molecule has 0 aromatic heterocycles. The number of benzene rings is 1. The molecule has 0 atom stereocenters. The molecule has 1 rings (SSSR count). The summed E-state index contributed by atoms with van der Waals surface area (Å²) in [5, 5.41) is 0. The first-order valence-corrected chi connectivity index (χ1v) is 5.78. The molecule has 1 aromatic rings. The zero-order valence-electron chi connectivity index (χ0n) is 9.74. The number of hydrogen-bond acceptors (Lipinski definition) is 3. The lowest BCUT2D eigenvalue weighted by Gasteiger charge is -2.09. The second-order valence-corrected chi connectivity index (χ2v) is 4.27. The smallest absolute Gasteiger partial charge is 0.176 e. The highest BCUT2D eigenvalue weighted by atomic mass is 79.9. The molecule has 0 saturated carbocycles. The normalized spacial score (nSPS) is 11.6. The molecule has 0 radical (unpaired) electrons. The number of rotatable bonds is 5. The average molecular weight is 286 g/mol. The van der Waals surface area contributed by atoms with Crippen LogP contribution in [0.5, 0.6) is 0 Å². The maximum absolute atomic E-state index is 5.04. The number of nitrogens with zero attached hydrogens (tertiary/aromatic N) is 1. The van der Waals surface area contributed by atoms with Crippen LogP contribution in [0, 0.1) is 6.92 Å². The fourth-order valence-corrected chi connectivity index (χ4v) is 1.81. The van der Waals surface area contributed by atoms with Crippen molar-refractivity contribution in [2.45, 2.75) is 13.2 Å². The molecule has 0 bridgehead atoms. The largest absolute Gasteiger partial charge is 0.354 e. The second-order valence-electron chi connectivity index (χ2n) is 3.42. The van der Waals surface area contributed by atoms with Crippen LogP contribution in [0.1, 0.15) is 11.1 Å². The Hall–Kier alpha value is -0.710. The zero-order valence-corrected chi connectivity index (χ0v) is 11.3. The lowest BCUT2D eigenvalue weighted by atomic mass is 10.2. The summed E-state index contributed by atoms with van der Waals surface area (Å²) in [6, 6.07) is 6.14. The van der Waals surface area contributed by atoms with Crippen molar-refractivity contribution in [3.05, 3.63) is 33.8 Å². The van der Waals surface area contributed by atoms with E-state index in [0.29, 0.717) is 6.54 Å². The summed E-state index contributed by atoms with van der Waals surface area (Å²) < 4.78 is 11.1. The lowest BCUT2D eigenvalue weighted by molar-refractivity contribution is -0.0936. The summed E-state index contributed by atoms with van der Waals surface area (Å²) in [6.45, 7) is 2.55. The molecule has 0 heterocycles. The molecule has 0 fully saturated rings. The molecular weight excluding hydrogens is 270 g/mol. The Kier molecular flexibility index (Phi) is 5.66. The molecule has 1 aromatic carbocycles. The Morgan fingerprint density at radius 1 is 1.38 bits per heavy atom. The van der Waals surface area contributed by atoms with Gasteiger partial charge in [0.05, 0.1) is 6.54 Å². The van der Waals surface area contributed by atoms with E-state index in [2.05, 4.69) is 40.0 Å². The molecule has 88 valence electrons. The molecular formula is C12H16BrNO2. The molecule has 0 amide bonds. The van der Waals surface area contributed by atoms with Gasteiger partial charge in [0.2, 0.25) is 0 Å². The van der Waals surface area contributed by atoms with E-state index in [9.17, 15) is 0 Å². The van der Waals surface area contributed by atoms with Crippen LogP contribution in [0.25, 0.3) is 0 Å². The van der Waals surface area contributed by atoms with Crippen LogP contribution in [0.4, 0.5) is 0 Å². The van der Waals surface area contributed by atoms with Gasteiger partial charge in [-0.2, -0.15) is 0 Å². The van der Waals surface area contributed by atoms with Gasteiger partial charge in [-0.15, -0.1) is 0 Å². The molecule has 0 saturated heterocycles. The van der Waals surface area contributed by atoms with Crippen molar-refractivity contribution in [1.29, 1.82) is 0 Å². The van der Waals surface area contributed by atoms with E-state index in [0.717, 1.165) is 10.0 Å².